The molecule has 0 aliphatic rings. The number of hydrogen-bond acceptors (Lipinski definition) is 6. The molecule has 19 heavy (non-hydrogen) atoms. The Morgan fingerprint density at radius 2 is 2.32 bits per heavy atom. The van der Waals surface area contributed by atoms with Crippen molar-refractivity contribution in [3.63, 3.8) is 0 Å². The molecular formula is C11H8N2O5S. The first-order chi connectivity index (χ1) is 8.99. The quantitative estimate of drug-likeness (QED) is 0.682. The number of ether oxygens (including phenoxy) is 1. The Balaban J connectivity index is 2.35. The lowest BCUT2D eigenvalue weighted by Crippen LogP contribution is -1.98. The number of carbonyl (C=O) groups is 1. The molecule has 0 radical (unpaired) electrons. The van der Waals surface area contributed by atoms with Crippen LogP contribution in [-0.2, 0) is 0 Å². The molecule has 0 saturated carbocycles. The average Bonchev–Trinajstić information content (AvgIpc) is 2.77. The van der Waals surface area contributed by atoms with E-state index in [4.69, 9.17) is 9.84 Å². The molecule has 0 bridgehead atoms. The second kappa shape index (κ2) is 5.02. The minimum absolute atomic E-state index is 0.0882. The third-order valence-electron chi connectivity index (χ3n) is 2.28. The van der Waals surface area contributed by atoms with Crippen LogP contribution in [0.25, 0.3) is 0 Å². The van der Waals surface area contributed by atoms with Gasteiger partial charge in [0.05, 0.1) is 4.92 Å². The summed E-state index contributed by atoms with van der Waals surface area (Å²) in [5, 5.41) is 21.2. The molecule has 0 aromatic carbocycles. The Morgan fingerprint density at radius 3 is 2.89 bits per heavy atom. The van der Waals surface area contributed by atoms with E-state index >= 15 is 0 Å². The van der Waals surface area contributed by atoms with E-state index in [2.05, 4.69) is 4.98 Å². The van der Waals surface area contributed by atoms with Crippen LogP contribution in [0.5, 0.6) is 11.6 Å². The minimum atomic E-state index is -1.08. The van der Waals surface area contributed by atoms with E-state index in [9.17, 15) is 14.9 Å². The van der Waals surface area contributed by atoms with Crippen molar-refractivity contribution < 1.29 is 19.6 Å². The third-order valence-corrected chi connectivity index (χ3v) is 3.17. The Hall–Kier alpha value is -2.48. The van der Waals surface area contributed by atoms with Crippen molar-refractivity contribution in [1.82, 2.24) is 4.98 Å². The summed E-state index contributed by atoms with van der Waals surface area (Å²) in [6.07, 6.45) is 1.39. The number of rotatable bonds is 4. The molecule has 0 aliphatic carbocycles. The molecule has 98 valence electrons. The fraction of sp³-hybridized carbons (Fsp3) is 0.0909. The van der Waals surface area contributed by atoms with Crippen LogP contribution in [0, 0.1) is 17.0 Å². The van der Waals surface area contributed by atoms with Gasteiger partial charge in [0.25, 0.3) is 5.88 Å². The number of nitro groups is 1. The summed E-state index contributed by atoms with van der Waals surface area (Å²) in [5.41, 5.74) is 0.189. The van der Waals surface area contributed by atoms with Gasteiger partial charge in [-0.2, -0.15) is 0 Å². The van der Waals surface area contributed by atoms with Crippen molar-refractivity contribution in [1.29, 1.82) is 0 Å². The number of thiophene rings is 1. The lowest BCUT2D eigenvalue weighted by Gasteiger charge is -2.04. The van der Waals surface area contributed by atoms with Gasteiger partial charge in [0.2, 0.25) is 0 Å². The number of aryl methyl sites for hydroxylation is 1. The fourth-order valence-corrected chi connectivity index (χ4v) is 2.06. The number of aromatic nitrogens is 1. The number of hydrogen-bond donors (Lipinski definition) is 1. The smallest absolute Gasteiger partial charge is 0.346 e. The van der Waals surface area contributed by atoms with Crippen LogP contribution >= 0.6 is 11.3 Å². The number of carboxylic acids is 1. The summed E-state index contributed by atoms with van der Waals surface area (Å²) in [5.74, 6) is -1.02. The van der Waals surface area contributed by atoms with E-state index in [-0.39, 0.29) is 22.2 Å². The average molecular weight is 280 g/mol. The molecule has 2 rings (SSSR count). The highest BCUT2D eigenvalue weighted by Crippen LogP contribution is 2.33. The van der Waals surface area contributed by atoms with Crippen molar-refractivity contribution >= 4 is 23.0 Å². The van der Waals surface area contributed by atoms with Gasteiger partial charge in [-0.3, -0.25) is 10.1 Å². The second-order valence-electron chi connectivity index (χ2n) is 3.59. The maximum atomic E-state index is 10.9. The first kappa shape index (κ1) is 13.0. The maximum absolute atomic E-state index is 10.9. The van der Waals surface area contributed by atoms with Gasteiger partial charge in [0.15, 0.2) is 0 Å². The first-order valence-electron chi connectivity index (χ1n) is 5.08. The van der Waals surface area contributed by atoms with Crippen molar-refractivity contribution in [3.8, 4) is 11.6 Å². The van der Waals surface area contributed by atoms with E-state index in [1.165, 1.54) is 23.7 Å². The molecular weight excluding hydrogens is 272 g/mol. The molecule has 0 saturated heterocycles. The summed E-state index contributed by atoms with van der Waals surface area (Å²) in [6, 6.07) is 2.79. The fourth-order valence-electron chi connectivity index (χ4n) is 1.42. The topological polar surface area (TPSA) is 103 Å². The van der Waals surface area contributed by atoms with Gasteiger partial charge in [-0.25, -0.2) is 9.78 Å². The van der Waals surface area contributed by atoms with Crippen molar-refractivity contribution in [3.05, 3.63) is 44.3 Å². The zero-order valence-corrected chi connectivity index (χ0v) is 10.5. The van der Waals surface area contributed by atoms with Gasteiger partial charge >= 0.3 is 11.7 Å². The number of aromatic carboxylic acids is 1. The predicted octanol–water partition coefficient (Wildman–Crippen LogP) is 2.85. The normalized spacial score (nSPS) is 10.2. The van der Waals surface area contributed by atoms with Crippen LogP contribution in [-0.4, -0.2) is 21.0 Å². The van der Waals surface area contributed by atoms with Crippen molar-refractivity contribution in [2.45, 2.75) is 6.92 Å². The number of carboxylic acid groups (broad SMARTS) is 1. The van der Waals surface area contributed by atoms with Gasteiger partial charge in [-0.15, -0.1) is 11.3 Å². The summed E-state index contributed by atoms with van der Waals surface area (Å²) >= 11 is 0.973. The Kier molecular flexibility index (Phi) is 3.43. The van der Waals surface area contributed by atoms with Crippen molar-refractivity contribution in [2.75, 3.05) is 0 Å². The van der Waals surface area contributed by atoms with Crippen LogP contribution in [0.2, 0.25) is 0 Å². The van der Waals surface area contributed by atoms with Crippen molar-refractivity contribution in [2.24, 2.45) is 0 Å². The lowest BCUT2D eigenvalue weighted by molar-refractivity contribution is -0.386. The molecule has 0 unspecified atom stereocenters. The molecule has 0 fully saturated rings. The van der Waals surface area contributed by atoms with Gasteiger partial charge in [-0.1, -0.05) is 0 Å². The molecule has 0 aliphatic heterocycles. The zero-order valence-electron chi connectivity index (χ0n) is 9.69. The Bertz CT molecular complexity index is 652. The zero-order chi connectivity index (χ0) is 14.0. The summed E-state index contributed by atoms with van der Waals surface area (Å²) in [7, 11) is 0. The highest BCUT2D eigenvalue weighted by molar-refractivity contribution is 7.12. The molecule has 7 nitrogen and oxygen atoms in total. The SMILES string of the molecule is Cc1ccnc(Oc2csc(C(=O)O)c2)c1[N+](=O)[O-]. The van der Waals surface area contributed by atoms with E-state index < -0.39 is 10.9 Å². The Morgan fingerprint density at radius 1 is 1.58 bits per heavy atom. The van der Waals surface area contributed by atoms with Gasteiger partial charge < -0.3 is 9.84 Å². The van der Waals surface area contributed by atoms with E-state index in [1.807, 2.05) is 0 Å². The highest BCUT2D eigenvalue weighted by atomic mass is 32.1. The maximum Gasteiger partial charge on any atom is 0.346 e. The van der Waals surface area contributed by atoms with Gasteiger partial charge in [-0.05, 0) is 13.0 Å². The highest BCUT2D eigenvalue weighted by Gasteiger charge is 2.21. The van der Waals surface area contributed by atoms with Gasteiger partial charge in [0.1, 0.15) is 10.6 Å². The van der Waals surface area contributed by atoms with Crippen LogP contribution in [0.15, 0.2) is 23.7 Å². The number of pyridine rings is 1. The first-order valence-corrected chi connectivity index (χ1v) is 5.96. The van der Waals surface area contributed by atoms with Crippen LogP contribution in [0.3, 0.4) is 0 Å². The number of nitrogens with zero attached hydrogens (tertiary/aromatic N) is 2. The third kappa shape index (κ3) is 2.68. The predicted molar refractivity (Wildman–Crippen MR) is 67.0 cm³/mol. The standard InChI is InChI=1S/C11H8N2O5S/c1-6-2-3-12-10(9(6)13(16)17)18-7-4-8(11(14)15)19-5-7/h2-5H,1H3,(H,14,15). The minimum Gasteiger partial charge on any atom is -0.477 e. The molecule has 2 aromatic heterocycles. The molecule has 1 N–H and O–H groups in total. The molecule has 0 spiro atoms. The summed E-state index contributed by atoms with van der Waals surface area (Å²) in [6.45, 7) is 1.57. The molecule has 2 aromatic rings. The summed E-state index contributed by atoms with van der Waals surface area (Å²) in [4.78, 5) is 25.0. The molecule has 0 amide bonds. The van der Waals surface area contributed by atoms with Gasteiger partial charge in [0, 0.05) is 23.2 Å². The largest absolute Gasteiger partial charge is 0.477 e. The molecule has 2 heterocycles. The van der Waals surface area contributed by atoms with E-state index in [0.29, 0.717) is 5.56 Å². The summed E-state index contributed by atoms with van der Waals surface area (Å²) < 4.78 is 5.28. The molecule has 8 heteroatoms. The molecule has 0 atom stereocenters. The van der Waals surface area contributed by atoms with Crippen LogP contribution in [0.1, 0.15) is 15.2 Å². The van der Waals surface area contributed by atoms with Crippen LogP contribution < -0.4 is 4.74 Å². The van der Waals surface area contributed by atoms with E-state index in [0.717, 1.165) is 11.3 Å². The Labute approximate surface area is 111 Å². The lowest BCUT2D eigenvalue weighted by atomic mass is 10.2. The monoisotopic (exact) mass is 280 g/mol. The van der Waals surface area contributed by atoms with E-state index in [1.54, 1.807) is 6.92 Å². The van der Waals surface area contributed by atoms with Crippen LogP contribution in [0.4, 0.5) is 5.69 Å². The second-order valence-corrected chi connectivity index (χ2v) is 4.50.